The van der Waals surface area contributed by atoms with Crippen LogP contribution in [0.2, 0.25) is 0 Å². The standard InChI is InChI=1S/C20H15F2NO2/c21-20(22)16-14(11-6-2-1-3-7-11)10-15(17(16)20)23-18(24)12-8-4-5-9-13(12)19(23)25/h1-9,14-17H,10H2/t14-,15-,16-,17-/m1/s1. The molecule has 0 aromatic heterocycles. The molecule has 2 aromatic carbocycles. The van der Waals surface area contributed by atoms with Gasteiger partial charge in [-0.15, -0.1) is 0 Å². The van der Waals surface area contributed by atoms with Crippen LogP contribution < -0.4 is 0 Å². The quantitative estimate of drug-likeness (QED) is 0.782. The maximum atomic E-state index is 14.4. The molecular weight excluding hydrogens is 324 g/mol. The average molecular weight is 339 g/mol. The Morgan fingerprint density at radius 1 is 0.840 bits per heavy atom. The van der Waals surface area contributed by atoms with Gasteiger partial charge in [-0.05, 0) is 30.0 Å². The Morgan fingerprint density at radius 3 is 2.00 bits per heavy atom. The number of benzene rings is 2. The number of imide groups is 1. The van der Waals surface area contributed by atoms with Crippen molar-refractivity contribution in [2.24, 2.45) is 11.8 Å². The first-order valence-corrected chi connectivity index (χ1v) is 8.41. The maximum Gasteiger partial charge on any atom is 0.261 e. The van der Waals surface area contributed by atoms with Gasteiger partial charge in [0.25, 0.3) is 17.7 Å². The van der Waals surface area contributed by atoms with Gasteiger partial charge in [-0.1, -0.05) is 42.5 Å². The fourth-order valence-corrected chi connectivity index (χ4v) is 4.76. The SMILES string of the molecule is O=C1c2ccccc2C(=O)N1[C@@H]1C[C@H](c2ccccc2)[C@@H]2[C@@H]1C2(F)F. The molecule has 2 amide bonds. The van der Waals surface area contributed by atoms with E-state index in [1.54, 1.807) is 24.3 Å². The number of carbonyl (C=O) groups excluding carboxylic acids is 2. The molecule has 2 aliphatic carbocycles. The predicted octanol–water partition coefficient (Wildman–Crippen LogP) is 3.72. The number of rotatable bonds is 2. The minimum Gasteiger partial charge on any atom is -0.271 e. The molecule has 3 aliphatic rings. The van der Waals surface area contributed by atoms with Crippen LogP contribution in [0.3, 0.4) is 0 Å². The highest BCUT2D eigenvalue weighted by molar-refractivity contribution is 6.21. The zero-order valence-electron chi connectivity index (χ0n) is 13.2. The third-order valence-electron chi connectivity index (χ3n) is 5.89. The number of amides is 2. The number of hydrogen-bond acceptors (Lipinski definition) is 2. The minimum absolute atomic E-state index is 0.316. The van der Waals surface area contributed by atoms with Gasteiger partial charge in [0.05, 0.1) is 23.1 Å². The smallest absolute Gasteiger partial charge is 0.261 e. The molecule has 1 heterocycles. The summed E-state index contributed by atoms with van der Waals surface area (Å²) in [6.07, 6.45) is 0.403. The normalized spacial score (nSPS) is 31.8. The molecule has 0 spiro atoms. The highest BCUT2D eigenvalue weighted by Gasteiger charge is 2.78. The van der Waals surface area contributed by atoms with Gasteiger partial charge in [-0.3, -0.25) is 14.5 Å². The van der Waals surface area contributed by atoms with Gasteiger partial charge in [0.15, 0.2) is 0 Å². The highest BCUT2D eigenvalue weighted by Crippen LogP contribution is 2.70. The first kappa shape index (κ1) is 14.8. The van der Waals surface area contributed by atoms with E-state index < -0.39 is 35.6 Å². The topological polar surface area (TPSA) is 37.4 Å². The van der Waals surface area contributed by atoms with Gasteiger partial charge < -0.3 is 0 Å². The molecule has 1 aliphatic heterocycles. The fraction of sp³-hybridized carbons (Fsp3) is 0.300. The molecule has 3 nitrogen and oxygen atoms in total. The molecule has 0 unspecified atom stereocenters. The lowest BCUT2D eigenvalue weighted by Crippen LogP contribution is -2.42. The van der Waals surface area contributed by atoms with Crippen LogP contribution in [0.4, 0.5) is 8.78 Å². The first-order valence-electron chi connectivity index (χ1n) is 8.41. The molecule has 0 bridgehead atoms. The van der Waals surface area contributed by atoms with E-state index in [9.17, 15) is 18.4 Å². The number of nitrogens with zero attached hydrogens (tertiary/aromatic N) is 1. The summed E-state index contributed by atoms with van der Waals surface area (Å²) in [4.78, 5) is 26.4. The van der Waals surface area contributed by atoms with E-state index in [1.165, 1.54) is 0 Å². The largest absolute Gasteiger partial charge is 0.271 e. The van der Waals surface area contributed by atoms with Crippen molar-refractivity contribution in [1.29, 1.82) is 0 Å². The number of carbonyl (C=O) groups is 2. The van der Waals surface area contributed by atoms with Gasteiger partial charge in [0.1, 0.15) is 0 Å². The summed E-state index contributed by atoms with van der Waals surface area (Å²) in [7, 11) is 0. The van der Waals surface area contributed by atoms with Gasteiger partial charge in [0.2, 0.25) is 0 Å². The average Bonchev–Trinajstić information content (AvgIpc) is 2.93. The highest BCUT2D eigenvalue weighted by atomic mass is 19.3. The lowest BCUT2D eigenvalue weighted by atomic mass is 9.92. The summed E-state index contributed by atoms with van der Waals surface area (Å²) in [6, 6.07) is 15.0. The van der Waals surface area contributed by atoms with Crippen LogP contribution in [0.1, 0.15) is 38.6 Å². The Balaban J connectivity index is 1.52. The summed E-state index contributed by atoms with van der Waals surface area (Å²) >= 11 is 0. The van der Waals surface area contributed by atoms with Crippen LogP contribution in [-0.4, -0.2) is 28.7 Å². The van der Waals surface area contributed by atoms with E-state index in [0.29, 0.717) is 17.5 Å². The van der Waals surface area contributed by atoms with E-state index in [4.69, 9.17) is 0 Å². The van der Waals surface area contributed by atoms with Gasteiger partial charge in [-0.2, -0.15) is 0 Å². The Morgan fingerprint density at radius 2 is 1.40 bits per heavy atom. The van der Waals surface area contributed by atoms with E-state index in [0.717, 1.165) is 10.5 Å². The van der Waals surface area contributed by atoms with Crippen molar-refractivity contribution in [2.75, 3.05) is 0 Å². The van der Waals surface area contributed by atoms with E-state index >= 15 is 0 Å². The Kier molecular flexibility index (Phi) is 2.80. The maximum absolute atomic E-state index is 14.4. The number of halogens is 2. The minimum atomic E-state index is -2.82. The zero-order valence-corrected chi connectivity index (χ0v) is 13.2. The van der Waals surface area contributed by atoms with Gasteiger partial charge >= 0.3 is 0 Å². The lowest BCUT2D eigenvalue weighted by molar-refractivity contribution is 0.0332. The van der Waals surface area contributed by atoms with Crippen molar-refractivity contribution in [1.82, 2.24) is 4.90 Å². The Hall–Kier alpha value is -2.56. The summed E-state index contributed by atoms with van der Waals surface area (Å²) in [5.41, 5.74) is 1.49. The summed E-state index contributed by atoms with van der Waals surface area (Å²) in [6.45, 7) is 0. The number of hydrogen-bond donors (Lipinski definition) is 0. The van der Waals surface area contributed by atoms with Crippen molar-refractivity contribution in [3.05, 3.63) is 71.3 Å². The van der Waals surface area contributed by atoms with Crippen LogP contribution >= 0.6 is 0 Å². The monoisotopic (exact) mass is 339 g/mol. The second kappa shape index (κ2) is 4.75. The Labute approximate surface area is 143 Å². The van der Waals surface area contributed by atoms with Gasteiger partial charge in [-0.25, -0.2) is 8.78 Å². The summed E-state index contributed by atoms with van der Waals surface area (Å²) in [5, 5.41) is 0. The van der Waals surface area contributed by atoms with E-state index in [-0.39, 0.29) is 5.92 Å². The third kappa shape index (κ3) is 1.84. The van der Waals surface area contributed by atoms with Gasteiger partial charge in [0, 0.05) is 5.92 Å². The van der Waals surface area contributed by atoms with Crippen molar-refractivity contribution >= 4 is 11.8 Å². The van der Waals surface area contributed by atoms with Crippen molar-refractivity contribution in [3.63, 3.8) is 0 Å². The van der Waals surface area contributed by atoms with Crippen LogP contribution in [-0.2, 0) is 0 Å². The summed E-state index contributed by atoms with van der Waals surface area (Å²) in [5.74, 6) is -5.75. The second-order valence-electron chi connectivity index (χ2n) is 7.07. The number of alkyl halides is 2. The summed E-state index contributed by atoms with van der Waals surface area (Å²) < 4.78 is 28.8. The Bertz CT molecular complexity index is 861. The molecule has 5 heteroatoms. The van der Waals surface area contributed by atoms with Crippen LogP contribution in [0.15, 0.2) is 54.6 Å². The number of fused-ring (bicyclic) bond motifs is 2. The molecule has 0 N–H and O–H groups in total. The third-order valence-corrected chi connectivity index (χ3v) is 5.89. The molecule has 0 radical (unpaired) electrons. The first-order chi connectivity index (χ1) is 12.0. The predicted molar refractivity (Wildman–Crippen MR) is 86.5 cm³/mol. The van der Waals surface area contributed by atoms with Crippen molar-refractivity contribution < 1.29 is 18.4 Å². The molecule has 25 heavy (non-hydrogen) atoms. The molecule has 0 saturated heterocycles. The molecular formula is C20H15F2NO2. The van der Waals surface area contributed by atoms with E-state index in [1.807, 2.05) is 30.3 Å². The van der Waals surface area contributed by atoms with E-state index in [2.05, 4.69) is 0 Å². The molecule has 2 aromatic rings. The molecule has 126 valence electrons. The molecule has 4 atom stereocenters. The second-order valence-corrected chi connectivity index (χ2v) is 7.07. The molecule has 2 fully saturated rings. The van der Waals surface area contributed by atoms with Crippen molar-refractivity contribution in [2.45, 2.75) is 24.3 Å². The van der Waals surface area contributed by atoms with Crippen LogP contribution in [0.25, 0.3) is 0 Å². The van der Waals surface area contributed by atoms with Crippen LogP contribution in [0, 0.1) is 11.8 Å². The molecule has 2 saturated carbocycles. The lowest BCUT2D eigenvalue weighted by Gasteiger charge is -2.26. The molecule has 5 rings (SSSR count). The zero-order chi connectivity index (χ0) is 17.3. The van der Waals surface area contributed by atoms with Crippen LogP contribution in [0.5, 0.6) is 0 Å². The van der Waals surface area contributed by atoms with Crippen molar-refractivity contribution in [3.8, 4) is 0 Å². The fourth-order valence-electron chi connectivity index (χ4n) is 4.76.